The highest BCUT2D eigenvalue weighted by atomic mass is 32.1. The molecular formula is C10H12N2O2S. The number of thiazole rings is 1. The molecule has 5 heteroatoms. The number of carbonyl (C=O) groups excluding carboxylic acids is 2. The Balaban J connectivity index is 2.29. The minimum absolute atomic E-state index is 0.147. The molecule has 2 amide bonds. The second kappa shape index (κ2) is 3.41. The van der Waals surface area contributed by atoms with Crippen molar-refractivity contribution < 1.29 is 9.59 Å². The van der Waals surface area contributed by atoms with Crippen molar-refractivity contribution >= 4 is 28.3 Å². The molecule has 1 aromatic heterocycles. The van der Waals surface area contributed by atoms with Gasteiger partial charge in [0.25, 0.3) is 0 Å². The Morgan fingerprint density at radius 3 is 2.40 bits per heavy atom. The minimum Gasteiger partial charge on any atom is -0.274 e. The van der Waals surface area contributed by atoms with E-state index in [-0.39, 0.29) is 17.2 Å². The molecule has 0 aromatic carbocycles. The predicted molar refractivity (Wildman–Crippen MR) is 57.6 cm³/mol. The summed E-state index contributed by atoms with van der Waals surface area (Å²) in [5.74, 6) is -0.294. The summed E-state index contributed by atoms with van der Waals surface area (Å²) < 4.78 is 0. The molecule has 0 bridgehead atoms. The van der Waals surface area contributed by atoms with Gasteiger partial charge in [-0.25, -0.2) is 9.88 Å². The first-order valence-electron chi connectivity index (χ1n) is 4.75. The summed E-state index contributed by atoms with van der Waals surface area (Å²) in [7, 11) is 0. The zero-order chi connectivity index (χ0) is 11.1. The molecule has 0 radical (unpaired) electrons. The SMILES string of the molecule is CC1(C)CC(=O)N(c2nccs2)C(=O)C1. The van der Waals surface area contributed by atoms with E-state index in [4.69, 9.17) is 0 Å². The van der Waals surface area contributed by atoms with Crippen LogP contribution in [0.1, 0.15) is 26.7 Å². The van der Waals surface area contributed by atoms with Crippen LogP contribution in [0, 0.1) is 5.41 Å². The van der Waals surface area contributed by atoms with E-state index in [1.165, 1.54) is 16.2 Å². The molecule has 1 aromatic rings. The number of imide groups is 1. The van der Waals surface area contributed by atoms with Crippen molar-refractivity contribution in [3.8, 4) is 0 Å². The Morgan fingerprint density at radius 2 is 1.93 bits per heavy atom. The van der Waals surface area contributed by atoms with E-state index in [0.717, 1.165) is 0 Å². The lowest BCUT2D eigenvalue weighted by Gasteiger charge is -2.33. The molecule has 0 unspecified atom stereocenters. The number of rotatable bonds is 1. The fourth-order valence-corrected chi connectivity index (χ4v) is 2.39. The van der Waals surface area contributed by atoms with Gasteiger partial charge in [-0.2, -0.15) is 0 Å². The Bertz CT molecular complexity index is 378. The topological polar surface area (TPSA) is 50.3 Å². The summed E-state index contributed by atoms with van der Waals surface area (Å²) in [5, 5.41) is 2.25. The summed E-state index contributed by atoms with van der Waals surface area (Å²) in [6.45, 7) is 3.87. The molecule has 1 fully saturated rings. The summed E-state index contributed by atoms with van der Waals surface area (Å²) in [6, 6.07) is 0. The number of carbonyl (C=O) groups is 2. The van der Waals surface area contributed by atoms with Crippen molar-refractivity contribution in [2.75, 3.05) is 4.90 Å². The fourth-order valence-electron chi connectivity index (χ4n) is 1.72. The van der Waals surface area contributed by atoms with Crippen LogP contribution in [0.2, 0.25) is 0 Å². The summed E-state index contributed by atoms with van der Waals surface area (Å²) in [4.78, 5) is 28.8. The summed E-state index contributed by atoms with van der Waals surface area (Å²) in [5.41, 5.74) is -0.220. The van der Waals surface area contributed by atoms with E-state index in [1.54, 1.807) is 11.6 Å². The van der Waals surface area contributed by atoms with Gasteiger partial charge < -0.3 is 0 Å². The van der Waals surface area contributed by atoms with Crippen LogP contribution in [0.4, 0.5) is 5.13 Å². The van der Waals surface area contributed by atoms with E-state index < -0.39 is 0 Å². The molecule has 0 atom stereocenters. The molecule has 0 saturated carbocycles. The van der Waals surface area contributed by atoms with Crippen molar-refractivity contribution in [3.05, 3.63) is 11.6 Å². The third-order valence-corrected chi connectivity index (χ3v) is 3.13. The molecule has 0 N–H and O–H groups in total. The molecule has 2 heterocycles. The van der Waals surface area contributed by atoms with E-state index >= 15 is 0 Å². The first-order chi connectivity index (χ1) is 6.99. The molecular weight excluding hydrogens is 212 g/mol. The first-order valence-corrected chi connectivity index (χ1v) is 5.63. The van der Waals surface area contributed by atoms with E-state index in [1.807, 2.05) is 13.8 Å². The number of piperidine rings is 1. The lowest BCUT2D eigenvalue weighted by molar-refractivity contribution is -0.132. The maximum atomic E-state index is 11.8. The van der Waals surface area contributed by atoms with Gasteiger partial charge in [-0.15, -0.1) is 11.3 Å². The van der Waals surface area contributed by atoms with E-state index in [0.29, 0.717) is 18.0 Å². The van der Waals surface area contributed by atoms with Gasteiger partial charge in [-0.05, 0) is 5.41 Å². The maximum Gasteiger partial charge on any atom is 0.236 e. The zero-order valence-corrected chi connectivity index (χ0v) is 9.50. The minimum atomic E-state index is -0.220. The third kappa shape index (κ3) is 1.92. The van der Waals surface area contributed by atoms with E-state index in [9.17, 15) is 9.59 Å². The number of anilines is 1. The average molecular weight is 224 g/mol. The molecule has 15 heavy (non-hydrogen) atoms. The van der Waals surface area contributed by atoms with Crippen LogP contribution in [-0.2, 0) is 9.59 Å². The quantitative estimate of drug-likeness (QED) is 0.684. The second-order valence-electron chi connectivity index (χ2n) is 4.46. The normalized spacial score (nSPS) is 20.8. The Hall–Kier alpha value is -1.23. The highest BCUT2D eigenvalue weighted by Gasteiger charge is 2.39. The van der Waals surface area contributed by atoms with Crippen molar-refractivity contribution in [1.29, 1.82) is 0 Å². The molecule has 0 spiro atoms. The molecule has 80 valence electrons. The van der Waals surface area contributed by atoms with E-state index in [2.05, 4.69) is 4.98 Å². The number of nitrogens with zero attached hydrogens (tertiary/aromatic N) is 2. The smallest absolute Gasteiger partial charge is 0.236 e. The molecule has 1 aliphatic heterocycles. The second-order valence-corrected chi connectivity index (χ2v) is 5.33. The number of aromatic nitrogens is 1. The van der Waals surface area contributed by atoms with Crippen LogP contribution < -0.4 is 4.90 Å². The van der Waals surface area contributed by atoms with Crippen LogP contribution in [0.25, 0.3) is 0 Å². The third-order valence-electron chi connectivity index (χ3n) is 2.37. The van der Waals surface area contributed by atoms with Gasteiger partial charge >= 0.3 is 0 Å². The number of amides is 2. The van der Waals surface area contributed by atoms with Gasteiger partial charge in [0.15, 0.2) is 5.13 Å². The molecule has 2 rings (SSSR count). The zero-order valence-electron chi connectivity index (χ0n) is 8.69. The lowest BCUT2D eigenvalue weighted by atomic mass is 9.82. The predicted octanol–water partition coefficient (Wildman–Crippen LogP) is 1.82. The Morgan fingerprint density at radius 1 is 1.33 bits per heavy atom. The van der Waals surface area contributed by atoms with Crippen LogP contribution >= 0.6 is 11.3 Å². The van der Waals surface area contributed by atoms with Crippen LogP contribution in [-0.4, -0.2) is 16.8 Å². The largest absolute Gasteiger partial charge is 0.274 e. The van der Waals surface area contributed by atoms with Crippen LogP contribution in [0.3, 0.4) is 0 Å². The summed E-state index contributed by atoms with van der Waals surface area (Å²) >= 11 is 1.31. The van der Waals surface area contributed by atoms with Gasteiger partial charge in [-0.1, -0.05) is 13.8 Å². The van der Waals surface area contributed by atoms with Crippen molar-refractivity contribution in [3.63, 3.8) is 0 Å². The molecule has 4 nitrogen and oxygen atoms in total. The molecule has 1 aliphatic rings. The van der Waals surface area contributed by atoms with Crippen molar-refractivity contribution in [2.45, 2.75) is 26.7 Å². The highest BCUT2D eigenvalue weighted by Crippen LogP contribution is 2.34. The monoisotopic (exact) mass is 224 g/mol. The van der Waals surface area contributed by atoms with Crippen LogP contribution in [0.5, 0.6) is 0 Å². The highest BCUT2D eigenvalue weighted by molar-refractivity contribution is 7.14. The van der Waals surface area contributed by atoms with Gasteiger partial charge in [0.05, 0.1) is 0 Å². The van der Waals surface area contributed by atoms with Crippen molar-refractivity contribution in [2.24, 2.45) is 5.41 Å². The first kappa shape index (κ1) is 10.3. The standard InChI is InChI=1S/C10H12N2O2S/c1-10(2)5-7(13)12(8(14)6-10)9-11-3-4-15-9/h3-4H,5-6H2,1-2H3. The Kier molecular flexibility index (Phi) is 2.34. The van der Waals surface area contributed by atoms with Crippen molar-refractivity contribution in [1.82, 2.24) is 4.98 Å². The Labute approximate surface area is 91.9 Å². The molecule has 0 aliphatic carbocycles. The fraction of sp³-hybridized carbons (Fsp3) is 0.500. The van der Waals surface area contributed by atoms with Gasteiger partial charge in [0.1, 0.15) is 0 Å². The van der Waals surface area contributed by atoms with Gasteiger partial charge in [0.2, 0.25) is 11.8 Å². The van der Waals surface area contributed by atoms with Crippen LogP contribution in [0.15, 0.2) is 11.6 Å². The lowest BCUT2D eigenvalue weighted by Crippen LogP contribution is -2.46. The number of hydrogen-bond acceptors (Lipinski definition) is 4. The van der Waals surface area contributed by atoms with Gasteiger partial charge in [0, 0.05) is 24.4 Å². The average Bonchev–Trinajstić information content (AvgIpc) is 2.52. The summed E-state index contributed by atoms with van der Waals surface area (Å²) in [6.07, 6.45) is 2.40. The number of hydrogen-bond donors (Lipinski definition) is 0. The maximum absolute atomic E-state index is 11.8. The van der Waals surface area contributed by atoms with Gasteiger partial charge in [-0.3, -0.25) is 9.59 Å². The molecule has 1 saturated heterocycles.